The third kappa shape index (κ3) is 4.91. The molecule has 6 nitrogen and oxygen atoms in total. The molecule has 130 valence electrons. The fraction of sp³-hybridized carbons (Fsp3) is 0.188. The van der Waals surface area contributed by atoms with Crippen LogP contribution in [0.2, 0.25) is 5.02 Å². The molecular weight excluding hydrogens is 367 g/mol. The van der Waals surface area contributed by atoms with Crippen molar-refractivity contribution in [3.63, 3.8) is 0 Å². The lowest BCUT2D eigenvalue weighted by Gasteiger charge is -2.12. The third-order valence-corrected chi connectivity index (χ3v) is 4.47. The van der Waals surface area contributed by atoms with E-state index in [1.165, 1.54) is 28.6 Å². The Morgan fingerprint density at radius 1 is 1.24 bits per heavy atom. The van der Waals surface area contributed by atoms with Crippen molar-refractivity contribution in [2.24, 2.45) is 0 Å². The predicted octanol–water partition coefficient (Wildman–Crippen LogP) is 2.99. The topological polar surface area (TPSA) is 73.1 Å². The van der Waals surface area contributed by atoms with Gasteiger partial charge in [0.05, 0.1) is 11.8 Å². The summed E-state index contributed by atoms with van der Waals surface area (Å²) in [4.78, 5) is 0. The number of thioether (sulfide) groups is 1. The standard InChI is InChI=1S/C16H14ClFN4O2S/c17-11-4-6-15(7-5-11)24-9-14(23)10-25-16-19-20-21-22(16)13-3-1-2-12(18)8-13/h1-8,14,23H,9-10H2. The van der Waals surface area contributed by atoms with E-state index in [2.05, 4.69) is 15.5 Å². The second-order valence-corrected chi connectivity index (χ2v) is 6.51. The van der Waals surface area contributed by atoms with Crippen molar-refractivity contribution < 1.29 is 14.2 Å². The maximum Gasteiger partial charge on any atom is 0.214 e. The van der Waals surface area contributed by atoms with Crippen LogP contribution in [-0.4, -0.2) is 43.8 Å². The van der Waals surface area contributed by atoms with Gasteiger partial charge in [-0.05, 0) is 52.9 Å². The van der Waals surface area contributed by atoms with Gasteiger partial charge in [-0.2, -0.15) is 4.68 Å². The van der Waals surface area contributed by atoms with Crippen molar-refractivity contribution >= 4 is 23.4 Å². The van der Waals surface area contributed by atoms with Crippen LogP contribution in [0.1, 0.15) is 0 Å². The predicted molar refractivity (Wildman–Crippen MR) is 92.8 cm³/mol. The molecule has 0 saturated heterocycles. The van der Waals surface area contributed by atoms with Gasteiger partial charge in [-0.25, -0.2) is 4.39 Å². The van der Waals surface area contributed by atoms with Crippen LogP contribution in [0.5, 0.6) is 5.75 Å². The molecule has 0 aliphatic heterocycles. The number of hydrogen-bond donors (Lipinski definition) is 1. The lowest BCUT2D eigenvalue weighted by molar-refractivity contribution is 0.126. The first-order chi connectivity index (χ1) is 12.1. The van der Waals surface area contributed by atoms with Gasteiger partial charge >= 0.3 is 0 Å². The molecule has 2 aromatic carbocycles. The second-order valence-electron chi connectivity index (χ2n) is 5.08. The van der Waals surface area contributed by atoms with E-state index in [1.54, 1.807) is 36.4 Å². The highest BCUT2D eigenvalue weighted by molar-refractivity contribution is 7.99. The summed E-state index contributed by atoms with van der Waals surface area (Å²) in [7, 11) is 0. The monoisotopic (exact) mass is 380 g/mol. The smallest absolute Gasteiger partial charge is 0.214 e. The van der Waals surface area contributed by atoms with Gasteiger partial charge in [0.2, 0.25) is 5.16 Å². The zero-order valence-electron chi connectivity index (χ0n) is 12.9. The molecule has 0 radical (unpaired) electrons. The lowest BCUT2D eigenvalue weighted by atomic mass is 10.3. The number of aromatic nitrogens is 4. The maximum atomic E-state index is 13.3. The molecule has 3 rings (SSSR count). The van der Waals surface area contributed by atoms with Crippen LogP contribution in [0.15, 0.2) is 53.7 Å². The normalized spacial score (nSPS) is 12.1. The Hall–Kier alpha value is -2.16. The van der Waals surface area contributed by atoms with E-state index in [-0.39, 0.29) is 12.4 Å². The van der Waals surface area contributed by atoms with Crippen molar-refractivity contribution in [1.29, 1.82) is 0 Å². The number of rotatable bonds is 7. The largest absolute Gasteiger partial charge is 0.491 e. The molecule has 3 aromatic rings. The Bertz CT molecular complexity index is 831. The van der Waals surface area contributed by atoms with Gasteiger partial charge in [-0.15, -0.1) is 5.10 Å². The summed E-state index contributed by atoms with van der Waals surface area (Å²) in [6, 6.07) is 12.8. The SMILES string of the molecule is OC(COc1ccc(Cl)cc1)CSc1nnnn1-c1cccc(F)c1. The van der Waals surface area contributed by atoms with E-state index in [0.29, 0.717) is 27.4 Å². The molecule has 1 N–H and O–H groups in total. The zero-order chi connectivity index (χ0) is 17.6. The molecule has 0 aliphatic carbocycles. The molecule has 9 heteroatoms. The maximum absolute atomic E-state index is 13.3. The van der Waals surface area contributed by atoms with Crippen molar-refractivity contribution in [3.05, 3.63) is 59.4 Å². The minimum absolute atomic E-state index is 0.121. The highest BCUT2D eigenvalue weighted by atomic mass is 35.5. The Labute approximate surface area is 152 Å². The quantitative estimate of drug-likeness (QED) is 0.635. The number of nitrogens with zero attached hydrogens (tertiary/aromatic N) is 4. The number of aliphatic hydroxyl groups excluding tert-OH is 1. The second kappa shape index (κ2) is 8.28. The molecule has 1 unspecified atom stereocenters. The Balaban J connectivity index is 1.55. The average Bonchev–Trinajstić information content (AvgIpc) is 3.08. The van der Waals surface area contributed by atoms with E-state index in [0.717, 1.165) is 0 Å². The average molecular weight is 381 g/mol. The summed E-state index contributed by atoms with van der Waals surface area (Å²) < 4.78 is 20.2. The first kappa shape index (κ1) is 17.7. The Morgan fingerprint density at radius 2 is 2.04 bits per heavy atom. The van der Waals surface area contributed by atoms with Crippen molar-refractivity contribution in [2.45, 2.75) is 11.3 Å². The lowest BCUT2D eigenvalue weighted by Crippen LogP contribution is -2.20. The summed E-state index contributed by atoms with van der Waals surface area (Å²) in [5.41, 5.74) is 0.513. The minimum Gasteiger partial charge on any atom is -0.491 e. The number of ether oxygens (including phenoxy) is 1. The van der Waals surface area contributed by atoms with Gasteiger partial charge in [-0.1, -0.05) is 29.4 Å². The molecular formula is C16H14ClFN4O2S. The molecule has 0 saturated carbocycles. The highest BCUT2D eigenvalue weighted by Crippen LogP contribution is 2.20. The van der Waals surface area contributed by atoms with Gasteiger partial charge in [0, 0.05) is 10.8 Å². The van der Waals surface area contributed by atoms with Gasteiger partial charge in [0.1, 0.15) is 18.2 Å². The van der Waals surface area contributed by atoms with Crippen molar-refractivity contribution in [2.75, 3.05) is 12.4 Å². The summed E-state index contributed by atoms with van der Waals surface area (Å²) >= 11 is 7.06. The summed E-state index contributed by atoms with van der Waals surface area (Å²) in [6.45, 7) is 0.121. The first-order valence-corrected chi connectivity index (χ1v) is 8.72. The van der Waals surface area contributed by atoms with Crippen LogP contribution in [0.25, 0.3) is 5.69 Å². The van der Waals surface area contributed by atoms with Crippen LogP contribution in [0.4, 0.5) is 4.39 Å². The van der Waals surface area contributed by atoms with Crippen LogP contribution in [0, 0.1) is 5.82 Å². The van der Waals surface area contributed by atoms with Gasteiger partial charge in [0.25, 0.3) is 0 Å². The van der Waals surface area contributed by atoms with Crippen LogP contribution in [0.3, 0.4) is 0 Å². The van der Waals surface area contributed by atoms with Crippen LogP contribution < -0.4 is 4.74 Å². The number of halogens is 2. The fourth-order valence-corrected chi connectivity index (χ4v) is 2.90. The van der Waals surface area contributed by atoms with Gasteiger partial charge in [0.15, 0.2) is 0 Å². The number of tetrazole rings is 1. The van der Waals surface area contributed by atoms with E-state index in [9.17, 15) is 9.50 Å². The zero-order valence-corrected chi connectivity index (χ0v) is 14.5. The molecule has 0 amide bonds. The van der Waals surface area contributed by atoms with E-state index in [1.807, 2.05) is 0 Å². The minimum atomic E-state index is -0.724. The molecule has 0 bridgehead atoms. The number of aliphatic hydroxyl groups is 1. The molecule has 25 heavy (non-hydrogen) atoms. The summed E-state index contributed by atoms with van der Waals surface area (Å²) in [5.74, 6) is 0.571. The van der Waals surface area contributed by atoms with Gasteiger partial charge < -0.3 is 9.84 Å². The molecule has 0 spiro atoms. The van der Waals surface area contributed by atoms with Crippen molar-refractivity contribution in [3.8, 4) is 11.4 Å². The Morgan fingerprint density at radius 3 is 2.80 bits per heavy atom. The molecule has 1 atom stereocenters. The molecule has 1 heterocycles. The first-order valence-electron chi connectivity index (χ1n) is 7.35. The summed E-state index contributed by atoms with van der Waals surface area (Å²) in [6.07, 6.45) is -0.724. The van der Waals surface area contributed by atoms with Gasteiger partial charge in [-0.3, -0.25) is 0 Å². The molecule has 0 aliphatic rings. The van der Waals surface area contributed by atoms with E-state index in [4.69, 9.17) is 16.3 Å². The van der Waals surface area contributed by atoms with Crippen LogP contribution in [-0.2, 0) is 0 Å². The summed E-state index contributed by atoms with van der Waals surface area (Å²) in [5, 5.41) is 22.5. The number of hydrogen-bond acceptors (Lipinski definition) is 6. The fourth-order valence-electron chi connectivity index (χ4n) is 1.98. The van der Waals surface area contributed by atoms with E-state index >= 15 is 0 Å². The van der Waals surface area contributed by atoms with E-state index < -0.39 is 6.10 Å². The van der Waals surface area contributed by atoms with Crippen molar-refractivity contribution in [1.82, 2.24) is 20.2 Å². The third-order valence-electron chi connectivity index (χ3n) is 3.15. The number of benzene rings is 2. The molecule has 1 aromatic heterocycles. The van der Waals surface area contributed by atoms with Crippen LogP contribution >= 0.6 is 23.4 Å². The molecule has 0 fully saturated rings. The highest BCUT2D eigenvalue weighted by Gasteiger charge is 2.13. The Kier molecular flexibility index (Phi) is 5.85.